The Bertz CT molecular complexity index is 928. The van der Waals surface area contributed by atoms with Crippen LogP contribution in [0.15, 0.2) is 42.5 Å². The molecule has 1 aliphatic rings. The fourth-order valence-electron chi connectivity index (χ4n) is 3.07. The average molecular weight is 383 g/mol. The van der Waals surface area contributed by atoms with Gasteiger partial charge in [-0.05, 0) is 23.8 Å². The van der Waals surface area contributed by atoms with Crippen LogP contribution in [0.4, 0.5) is 5.69 Å². The molecule has 28 heavy (non-hydrogen) atoms. The van der Waals surface area contributed by atoms with Gasteiger partial charge in [-0.15, -0.1) is 0 Å². The summed E-state index contributed by atoms with van der Waals surface area (Å²) in [5, 5.41) is 5.04. The maximum atomic E-state index is 12.4. The third-order valence-electron chi connectivity index (χ3n) is 4.57. The topological polar surface area (TPSA) is 97.0 Å². The number of nitrogens with zero attached hydrogens (tertiary/aromatic N) is 1. The van der Waals surface area contributed by atoms with Crippen molar-refractivity contribution < 1.29 is 23.9 Å². The number of benzene rings is 2. The number of nitrogens with one attached hydrogen (secondary N) is 2. The first-order valence-electron chi connectivity index (χ1n) is 8.62. The number of anilines is 1. The van der Waals surface area contributed by atoms with Gasteiger partial charge in [0.05, 0.1) is 14.2 Å². The number of likely N-dealkylation sites (N-methyl/N-ethyl adjacent to an activating group) is 1. The number of rotatable bonds is 5. The van der Waals surface area contributed by atoms with E-state index >= 15 is 0 Å². The zero-order valence-corrected chi connectivity index (χ0v) is 15.8. The number of carbonyl (C=O) groups is 3. The Labute approximate surface area is 162 Å². The molecule has 0 aromatic heterocycles. The van der Waals surface area contributed by atoms with E-state index in [1.807, 2.05) is 6.07 Å². The lowest BCUT2D eigenvalue weighted by Crippen LogP contribution is -2.43. The average Bonchev–Trinajstić information content (AvgIpc) is 2.96. The molecule has 1 unspecified atom stereocenters. The van der Waals surface area contributed by atoms with Crippen LogP contribution in [0, 0.1) is 0 Å². The van der Waals surface area contributed by atoms with Gasteiger partial charge in [-0.2, -0.15) is 0 Å². The molecule has 0 saturated carbocycles. The van der Waals surface area contributed by atoms with Crippen LogP contribution < -0.4 is 25.0 Å². The number of carbonyl (C=O) groups excluding carboxylic acids is 3. The van der Waals surface area contributed by atoms with Gasteiger partial charge < -0.3 is 25.0 Å². The van der Waals surface area contributed by atoms with E-state index in [1.54, 1.807) is 43.4 Å². The van der Waals surface area contributed by atoms with Gasteiger partial charge in [-0.1, -0.05) is 24.3 Å². The van der Waals surface area contributed by atoms with Crippen LogP contribution in [-0.4, -0.2) is 39.0 Å². The normalized spacial score (nSPS) is 15.0. The van der Waals surface area contributed by atoms with Crippen LogP contribution in [0.1, 0.15) is 17.2 Å². The zero-order valence-electron chi connectivity index (χ0n) is 15.8. The van der Waals surface area contributed by atoms with E-state index in [0.717, 1.165) is 5.56 Å². The summed E-state index contributed by atoms with van der Waals surface area (Å²) in [6, 6.07) is 11.4. The van der Waals surface area contributed by atoms with Crippen LogP contribution in [0.2, 0.25) is 0 Å². The maximum absolute atomic E-state index is 12.4. The van der Waals surface area contributed by atoms with E-state index in [1.165, 1.54) is 19.1 Å². The summed E-state index contributed by atoms with van der Waals surface area (Å²) in [5.41, 5.74) is 2.11. The Balaban J connectivity index is 1.63. The standard InChI is InChI=1S/C20H21N3O5/c1-23-14-7-5-4-6-13(14)17(20(23)26)22-19(25)18(24)21-11-12-8-9-15(27-2)16(10-12)28-3/h4-10,17H,11H2,1-3H3,(H,21,24)(H,22,25). The minimum atomic E-state index is -0.875. The van der Waals surface area contributed by atoms with Crippen LogP contribution in [0.25, 0.3) is 0 Å². The largest absolute Gasteiger partial charge is 0.493 e. The van der Waals surface area contributed by atoms with E-state index in [9.17, 15) is 14.4 Å². The van der Waals surface area contributed by atoms with Crippen molar-refractivity contribution in [1.82, 2.24) is 10.6 Å². The van der Waals surface area contributed by atoms with Gasteiger partial charge in [0, 0.05) is 24.8 Å². The lowest BCUT2D eigenvalue weighted by molar-refractivity contribution is -0.140. The Hall–Kier alpha value is -3.55. The van der Waals surface area contributed by atoms with E-state index in [0.29, 0.717) is 22.7 Å². The molecule has 0 saturated heterocycles. The van der Waals surface area contributed by atoms with Crippen molar-refractivity contribution in [3.63, 3.8) is 0 Å². The summed E-state index contributed by atoms with van der Waals surface area (Å²) in [5.74, 6) is -0.895. The Kier molecular flexibility index (Phi) is 5.49. The third-order valence-corrected chi connectivity index (χ3v) is 4.57. The molecular formula is C20H21N3O5. The van der Waals surface area contributed by atoms with Crippen molar-refractivity contribution in [2.24, 2.45) is 0 Å². The fourth-order valence-corrected chi connectivity index (χ4v) is 3.07. The second-order valence-electron chi connectivity index (χ2n) is 6.23. The Morgan fingerprint density at radius 3 is 2.46 bits per heavy atom. The number of methoxy groups -OCH3 is 2. The van der Waals surface area contributed by atoms with E-state index < -0.39 is 17.9 Å². The molecule has 8 heteroatoms. The van der Waals surface area contributed by atoms with Crippen molar-refractivity contribution in [3.8, 4) is 11.5 Å². The number of amides is 3. The number of hydrogen-bond acceptors (Lipinski definition) is 5. The molecule has 3 amide bonds. The molecule has 146 valence electrons. The third kappa shape index (κ3) is 3.62. The summed E-state index contributed by atoms with van der Waals surface area (Å²) in [6.07, 6.45) is 0. The maximum Gasteiger partial charge on any atom is 0.310 e. The molecule has 1 aliphatic heterocycles. The predicted molar refractivity (Wildman–Crippen MR) is 102 cm³/mol. The molecule has 1 heterocycles. The summed E-state index contributed by atoms with van der Waals surface area (Å²) in [4.78, 5) is 38.3. The monoisotopic (exact) mass is 383 g/mol. The van der Waals surface area contributed by atoms with E-state index in [-0.39, 0.29) is 12.5 Å². The SMILES string of the molecule is COc1ccc(CNC(=O)C(=O)NC2C(=O)N(C)c3ccccc32)cc1OC. The van der Waals surface area contributed by atoms with Crippen LogP contribution >= 0.6 is 0 Å². The molecular weight excluding hydrogens is 362 g/mol. The first-order chi connectivity index (χ1) is 13.5. The van der Waals surface area contributed by atoms with Crippen molar-refractivity contribution in [1.29, 1.82) is 0 Å². The predicted octanol–water partition coefficient (Wildman–Crippen LogP) is 1.15. The molecule has 2 aromatic rings. The van der Waals surface area contributed by atoms with Crippen molar-refractivity contribution in [2.75, 3.05) is 26.2 Å². The van der Waals surface area contributed by atoms with Crippen molar-refractivity contribution in [3.05, 3.63) is 53.6 Å². The minimum absolute atomic E-state index is 0.127. The van der Waals surface area contributed by atoms with Gasteiger partial charge in [0.2, 0.25) is 0 Å². The lowest BCUT2D eigenvalue weighted by Gasteiger charge is -2.13. The molecule has 2 aromatic carbocycles. The van der Waals surface area contributed by atoms with Crippen LogP contribution in [0.5, 0.6) is 11.5 Å². The molecule has 8 nitrogen and oxygen atoms in total. The summed E-state index contributed by atoms with van der Waals surface area (Å²) >= 11 is 0. The second-order valence-corrected chi connectivity index (χ2v) is 6.23. The van der Waals surface area contributed by atoms with Gasteiger partial charge in [0.15, 0.2) is 11.5 Å². The molecule has 0 bridgehead atoms. The Morgan fingerprint density at radius 1 is 1.04 bits per heavy atom. The van der Waals surface area contributed by atoms with Gasteiger partial charge in [0.1, 0.15) is 6.04 Å². The highest BCUT2D eigenvalue weighted by Gasteiger charge is 2.36. The first kappa shape index (κ1) is 19.2. The van der Waals surface area contributed by atoms with Crippen LogP contribution in [-0.2, 0) is 20.9 Å². The highest BCUT2D eigenvalue weighted by molar-refractivity contribution is 6.35. The molecule has 0 fully saturated rings. The zero-order chi connectivity index (χ0) is 20.3. The molecule has 0 spiro atoms. The number of ether oxygens (including phenoxy) is 2. The molecule has 2 N–H and O–H groups in total. The highest BCUT2D eigenvalue weighted by atomic mass is 16.5. The van der Waals surface area contributed by atoms with E-state index in [4.69, 9.17) is 9.47 Å². The molecule has 3 rings (SSSR count). The quantitative estimate of drug-likeness (QED) is 0.755. The molecule has 0 aliphatic carbocycles. The summed E-state index contributed by atoms with van der Waals surface area (Å²) in [6.45, 7) is 0.127. The summed E-state index contributed by atoms with van der Waals surface area (Å²) in [7, 11) is 4.68. The second kappa shape index (κ2) is 7.99. The number of fused-ring (bicyclic) bond motifs is 1. The van der Waals surface area contributed by atoms with E-state index in [2.05, 4.69) is 10.6 Å². The first-order valence-corrected chi connectivity index (χ1v) is 8.62. The Morgan fingerprint density at radius 2 is 1.75 bits per heavy atom. The van der Waals surface area contributed by atoms with Gasteiger partial charge in [-0.3, -0.25) is 14.4 Å². The van der Waals surface area contributed by atoms with Gasteiger partial charge in [0.25, 0.3) is 5.91 Å². The molecule has 1 atom stereocenters. The lowest BCUT2D eigenvalue weighted by atomic mass is 10.1. The highest BCUT2D eigenvalue weighted by Crippen LogP contribution is 2.34. The smallest absolute Gasteiger partial charge is 0.310 e. The fraction of sp³-hybridized carbons (Fsp3) is 0.250. The summed E-state index contributed by atoms with van der Waals surface area (Å²) < 4.78 is 10.4. The van der Waals surface area contributed by atoms with Gasteiger partial charge >= 0.3 is 11.8 Å². The van der Waals surface area contributed by atoms with Gasteiger partial charge in [-0.25, -0.2) is 0 Å². The van der Waals surface area contributed by atoms with Crippen molar-refractivity contribution in [2.45, 2.75) is 12.6 Å². The number of hydrogen-bond donors (Lipinski definition) is 2. The number of para-hydroxylation sites is 1. The molecule has 0 radical (unpaired) electrons. The van der Waals surface area contributed by atoms with Crippen LogP contribution in [0.3, 0.4) is 0 Å². The minimum Gasteiger partial charge on any atom is -0.493 e. The van der Waals surface area contributed by atoms with Crippen molar-refractivity contribution >= 4 is 23.4 Å².